The number of nitrogens with zero attached hydrogens (tertiary/aromatic N) is 2. The SMILES string of the molecule is CCOC(=O)c1ncc(C(=O)OC(C)(C)C)nc1N. The molecule has 0 aromatic carbocycles. The van der Waals surface area contributed by atoms with Crippen LogP contribution in [0.5, 0.6) is 0 Å². The van der Waals surface area contributed by atoms with Crippen LogP contribution in [0.4, 0.5) is 5.82 Å². The topological polar surface area (TPSA) is 104 Å². The molecule has 0 bridgehead atoms. The highest BCUT2D eigenvalue weighted by Crippen LogP contribution is 2.13. The third-order valence-electron chi connectivity index (χ3n) is 1.88. The lowest BCUT2D eigenvalue weighted by atomic mass is 10.2. The molecule has 104 valence electrons. The maximum absolute atomic E-state index is 11.7. The van der Waals surface area contributed by atoms with E-state index in [1.54, 1.807) is 27.7 Å². The van der Waals surface area contributed by atoms with Crippen LogP contribution in [0.3, 0.4) is 0 Å². The van der Waals surface area contributed by atoms with Crippen molar-refractivity contribution in [2.75, 3.05) is 12.3 Å². The number of rotatable bonds is 3. The quantitative estimate of drug-likeness (QED) is 0.820. The molecule has 1 heterocycles. The fourth-order valence-corrected chi connectivity index (χ4v) is 1.19. The molecular weight excluding hydrogens is 250 g/mol. The number of hydrogen-bond donors (Lipinski definition) is 1. The molecule has 1 rings (SSSR count). The molecule has 0 saturated carbocycles. The Morgan fingerprint density at radius 2 is 1.95 bits per heavy atom. The van der Waals surface area contributed by atoms with Crippen LogP contribution in [0.15, 0.2) is 6.20 Å². The minimum Gasteiger partial charge on any atom is -0.461 e. The van der Waals surface area contributed by atoms with Crippen molar-refractivity contribution in [3.05, 3.63) is 17.6 Å². The van der Waals surface area contributed by atoms with Crippen LogP contribution in [0.1, 0.15) is 48.7 Å². The Kier molecular flexibility index (Phi) is 4.42. The average Bonchev–Trinajstić information content (AvgIpc) is 2.26. The second-order valence-corrected chi connectivity index (χ2v) is 4.71. The van der Waals surface area contributed by atoms with Gasteiger partial charge in [0.05, 0.1) is 12.8 Å². The summed E-state index contributed by atoms with van der Waals surface area (Å²) in [4.78, 5) is 30.8. The van der Waals surface area contributed by atoms with Crippen LogP contribution in [0, 0.1) is 0 Å². The van der Waals surface area contributed by atoms with Gasteiger partial charge in [0.25, 0.3) is 0 Å². The van der Waals surface area contributed by atoms with Crippen LogP contribution >= 0.6 is 0 Å². The number of aromatic nitrogens is 2. The normalized spacial score (nSPS) is 10.9. The predicted octanol–water partition coefficient (Wildman–Crippen LogP) is 1.19. The third-order valence-corrected chi connectivity index (χ3v) is 1.88. The summed E-state index contributed by atoms with van der Waals surface area (Å²) in [6.45, 7) is 7.06. The Hall–Kier alpha value is -2.18. The van der Waals surface area contributed by atoms with Crippen molar-refractivity contribution < 1.29 is 19.1 Å². The molecule has 0 aliphatic rings. The second-order valence-electron chi connectivity index (χ2n) is 4.71. The van der Waals surface area contributed by atoms with Crippen LogP contribution in [0.25, 0.3) is 0 Å². The summed E-state index contributed by atoms with van der Waals surface area (Å²) in [5, 5.41) is 0. The molecule has 0 unspecified atom stereocenters. The molecular formula is C12H17N3O4. The maximum Gasteiger partial charge on any atom is 0.360 e. The average molecular weight is 267 g/mol. The summed E-state index contributed by atoms with van der Waals surface area (Å²) < 4.78 is 9.87. The van der Waals surface area contributed by atoms with E-state index in [1.807, 2.05) is 0 Å². The smallest absolute Gasteiger partial charge is 0.360 e. The summed E-state index contributed by atoms with van der Waals surface area (Å²) in [7, 11) is 0. The number of carbonyl (C=O) groups is 2. The van der Waals surface area contributed by atoms with Crippen molar-refractivity contribution in [2.45, 2.75) is 33.3 Å². The van der Waals surface area contributed by atoms with E-state index in [0.717, 1.165) is 6.20 Å². The van der Waals surface area contributed by atoms with Gasteiger partial charge in [0, 0.05) is 0 Å². The zero-order chi connectivity index (χ0) is 14.6. The Labute approximate surface area is 111 Å². The van der Waals surface area contributed by atoms with Gasteiger partial charge in [-0.2, -0.15) is 0 Å². The van der Waals surface area contributed by atoms with Crippen LogP contribution in [-0.4, -0.2) is 34.1 Å². The van der Waals surface area contributed by atoms with Gasteiger partial charge in [0.15, 0.2) is 17.2 Å². The minimum absolute atomic E-state index is 0.0551. The molecule has 0 spiro atoms. The van der Waals surface area contributed by atoms with Gasteiger partial charge in [0.2, 0.25) is 0 Å². The first-order valence-electron chi connectivity index (χ1n) is 5.77. The van der Waals surface area contributed by atoms with Crippen LogP contribution in [0.2, 0.25) is 0 Å². The van der Waals surface area contributed by atoms with Gasteiger partial charge in [0.1, 0.15) is 5.60 Å². The monoisotopic (exact) mass is 267 g/mol. The van der Waals surface area contributed by atoms with Crippen molar-refractivity contribution >= 4 is 17.8 Å². The highest BCUT2D eigenvalue weighted by Gasteiger charge is 2.22. The van der Waals surface area contributed by atoms with Crippen molar-refractivity contribution in [1.82, 2.24) is 9.97 Å². The van der Waals surface area contributed by atoms with Gasteiger partial charge in [-0.1, -0.05) is 0 Å². The van der Waals surface area contributed by atoms with E-state index >= 15 is 0 Å². The Bertz CT molecular complexity index is 494. The zero-order valence-corrected chi connectivity index (χ0v) is 11.4. The van der Waals surface area contributed by atoms with Gasteiger partial charge in [-0.3, -0.25) is 0 Å². The lowest BCUT2D eigenvalue weighted by Gasteiger charge is -2.19. The fraction of sp³-hybridized carbons (Fsp3) is 0.500. The van der Waals surface area contributed by atoms with E-state index in [1.165, 1.54) is 0 Å². The van der Waals surface area contributed by atoms with Crippen molar-refractivity contribution in [3.63, 3.8) is 0 Å². The van der Waals surface area contributed by atoms with E-state index in [0.29, 0.717) is 0 Å². The number of hydrogen-bond acceptors (Lipinski definition) is 7. The van der Waals surface area contributed by atoms with Gasteiger partial charge < -0.3 is 15.2 Å². The molecule has 0 radical (unpaired) electrons. The van der Waals surface area contributed by atoms with Gasteiger partial charge in [-0.05, 0) is 27.7 Å². The Morgan fingerprint density at radius 1 is 1.32 bits per heavy atom. The standard InChI is InChI=1S/C12H17N3O4/c1-5-18-11(17)8-9(13)15-7(6-14-8)10(16)19-12(2,3)4/h6H,5H2,1-4H3,(H2,13,15). The number of nitrogen functional groups attached to an aromatic ring is 1. The first-order chi connectivity index (χ1) is 8.74. The van der Waals surface area contributed by atoms with E-state index in [2.05, 4.69) is 9.97 Å². The van der Waals surface area contributed by atoms with Gasteiger partial charge in [-0.15, -0.1) is 0 Å². The predicted molar refractivity (Wildman–Crippen MR) is 67.6 cm³/mol. The summed E-state index contributed by atoms with van der Waals surface area (Å²) in [5.41, 5.74) is 4.75. The molecule has 0 atom stereocenters. The van der Waals surface area contributed by atoms with Crippen molar-refractivity contribution in [3.8, 4) is 0 Å². The van der Waals surface area contributed by atoms with E-state index in [-0.39, 0.29) is 23.8 Å². The Morgan fingerprint density at radius 3 is 2.42 bits per heavy atom. The number of carbonyl (C=O) groups excluding carboxylic acids is 2. The van der Waals surface area contributed by atoms with E-state index < -0.39 is 17.5 Å². The maximum atomic E-state index is 11.7. The number of ether oxygens (including phenoxy) is 2. The molecule has 1 aromatic rings. The molecule has 0 aliphatic carbocycles. The highest BCUT2D eigenvalue weighted by molar-refractivity contribution is 5.93. The number of anilines is 1. The summed E-state index contributed by atoms with van der Waals surface area (Å²) >= 11 is 0. The van der Waals surface area contributed by atoms with Crippen LogP contribution in [-0.2, 0) is 9.47 Å². The van der Waals surface area contributed by atoms with E-state index in [9.17, 15) is 9.59 Å². The number of nitrogens with two attached hydrogens (primary N) is 1. The van der Waals surface area contributed by atoms with Gasteiger partial charge >= 0.3 is 11.9 Å². The molecule has 0 amide bonds. The molecule has 0 fully saturated rings. The number of esters is 2. The summed E-state index contributed by atoms with van der Waals surface area (Å²) in [5.74, 6) is -1.49. The second kappa shape index (κ2) is 5.64. The van der Waals surface area contributed by atoms with Crippen molar-refractivity contribution in [1.29, 1.82) is 0 Å². The molecule has 0 aliphatic heterocycles. The van der Waals surface area contributed by atoms with Gasteiger partial charge in [-0.25, -0.2) is 19.6 Å². The van der Waals surface area contributed by atoms with Crippen LogP contribution < -0.4 is 5.73 Å². The summed E-state index contributed by atoms with van der Waals surface area (Å²) in [6.07, 6.45) is 1.14. The minimum atomic E-state index is -0.678. The lowest BCUT2D eigenvalue weighted by Crippen LogP contribution is -2.25. The van der Waals surface area contributed by atoms with E-state index in [4.69, 9.17) is 15.2 Å². The third kappa shape index (κ3) is 4.20. The fourth-order valence-electron chi connectivity index (χ4n) is 1.19. The molecule has 1 aromatic heterocycles. The largest absolute Gasteiger partial charge is 0.461 e. The zero-order valence-electron chi connectivity index (χ0n) is 11.4. The summed E-state index contributed by atoms with van der Waals surface area (Å²) in [6, 6.07) is 0. The lowest BCUT2D eigenvalue weighted by molar-refractivity contribution is 0.00617. The molecule has 2 N–H and O–H groups in total. The first kappa shape index (κ1) is 14.9. The highest BCUT2D eigenvalue weighted by atomic mass is 16.6. The van der Waals surface area contributed by atoms with Crippen molar-refractivity contribution in [2.24, 2.45) is 0 Å². The molecule has 7 nitrogen and oxygen atoms in total. The Balaban J connectivity index is 2.94. The molecule has 19 heavy (non-hydrogen) atoms. The molecule has 7 heteroatoms. The molecule has 0 saturated heterocycles. The first-order valence-corrected chi connectivity index (χ1v) is 5.77.